The van der Waals surface area contributed by atoms with E-state index in [-0.39, 0.29) is 0 Å². The van der Waals surface area contributed by atoms with Gasteiger partial charge in [-0.3, -0.25) is 0 Å². The number of benzene rings is 1. The summed E-state index contributed by atoms with van der Waals surface area (Å²) in [4.78, 5) is 0. The quantitative estimate of drug-likeness (QED) is 0.775. The highest BCUT2D eigenvalue weighted by Gasteiger charge is 2.14. The van der Waals surface area contributed by atoms with Crippen molar-refractivity contribution in [3.8, 4) is 0 Å². The second-order valence-corrected chi connectivity index (χ2v) is 3.89. The van der Waals surface area contributed by atoms with Crippen LogP contribution in [0.5, 0.6) is 0 Å². The van der Waals surface area contributed by atoms with Crippen LogP contribution >= 0.6 is 23.2 Å². The molecule has 0 fully saturated rings. The molecule has 0 spiro atoms. The molecule has 1 aliphatic heterocycles. The standard InChI is InChI=1S/C10H9Cl2NO2/c11-6-3-7(10(13)8(12)4-6)9-5-14-1-2-15-9/h3-5H,1-2,13H2. The van der Waals surface area contributed by atoms with Crippen molar-refractivity contribution in [2.45, 2.75) is 0 Å². The number of nitrogens with two attached hydrogens (primary N) is 1. The first-order valence-electron chi connectivity index (χ1n) is 4.38. The third-order valence-corrected chi connectivity index (χ3v) is 2.54. The van der Waals surface area contributed by atoms with Gasteiger partial charge >= 0.3 is 0 Å². The molecule has 0 radical (unpaired) electrons. The lowest BCUT2D eigenvalue weighted by Gasteiger charge is -2.17. The molecular weight excluding hydrogens is 237 g/mol. The third-order valence-electron chi connectivity index (χ3n) is 2.01. The van der Waals surface area contributed by atoms with Gasteiger partial charge in [0.05, 0.1) is 10.7 Å². The number of halogens is 2. The van der Waals surface area contributed by atoms with Gasteiger partial charge < -0.3 is 15.2 Å². The van der Waals surface area contributed by atoms with Crippen LogP contribution in [0.1, 0.15) is 5.56 Å². The molecule has 5 heteroatoms. The maximum absolute atomic E-state index is 5.91. The SMILES string of the molecule is Nc1c(Cl)cc(Cl)cc1C1=COCCO1. The van der Waals surface area contributed by atoms with E-state index < -0.39 is 0 Å². The number of anilines is 1. The van der Waals surface area contributed by atoms with E-state index in [1.165, 1.54) is 6.26 Å². The third kappa shape index (κ3) is 2.13. The molecule has 2 N–H and O–H groups in total. The Balaban J connectivity index is 2.46. The highest BCUT2D eigenvalue weighted by Crippen LogP contribution is 2.33. The summed E-state index contributed by atoms with van der Waals surface area (Å²) < 4.78 is 10.5. The lowest BCUT2D eigenvalue weighted by atomic mass is 10.1. The van der Waals surface area contributed by atoms with Gasteiger partial charge in [-0.05, 0) is 12.1 Å². The molecule has 1 heterocycles. The van der Waals surface area contributed by atoms with Gasteiger partial charge in [0.15, 0.2) is 5.76 Å². The summed E-state index contributed by atoms with van der Waals surface area (Å²) in [6.45, 7) is 1.03. The Morgan fingerprint density at radius 3 is 2.67 bits per heavy atom. The first kappa shape index (κ1) is 10.5. The van der Waals surface area contributed by atoms with Gasteiger partial charge in [-0.15, -0.1) is 0 Å². The zero-order valence-corrected chi connectivity index (χ0v) is 9.31. The lowest BCUT2D eigenvalue weighted by Crippen LogP contribution is -2.08. The summed E-state index contributed by atoms with van der Waals surface area (Å²) in [6, 6.07) is 3.29. The van der Waals surface area contributed by atoms with Gasteiger partial charge in [0.1, 0.15) is 19.5 Å². The topological polar surface area (TPSA) is 44.5 Å². The summed E-state index contributed by atoms with van der Waals surface area (Å²) in [5.74, 6) is 0.558. The predicted molar refractivity (Wildman–Crippen MR) is 60.8 cm³/mol. The Bertz CT molecular complexity index is 418. The van der Waals surface area contributed by atoms with Crippen LogP contribution in [0.3, 0.4) is 0 Å². The maximum atomic E-state index is 5.91. The Kier molecular flexibility index (Phi) is 2.93. The van der Waals surface area contributed by atoms with E-state index in [2.05, 4.69) is 0 Å². The maximum Gasteiger partial charge on any atom is 0.163 e. The van der Waals surface area contributed by atoms with Crippen molar-refractivity contribution in [1.82, 2.24) is 0 Å². The van der Waals surface area contributed by atoms with Crippen LogP contribution in [0.4, 0.5) is 5.69 Å². The fourth-order valence-corrected chi connectivity index (χ4v) is 1.79. The number of rotatable bonds is 1. The minimum Gasteiger partial charge on any atom is -0.494 e. The average Bonchev–Trinajstić information content (AvgIpc) is 2.24. The van der Waals surface area contributed by atoms with E-state index in [4.69, 9.17) is 38.4 Å². The van der Waals surface area contributed by atoms with Gasteiger partial charge in [0.2, 0.25) is 0 Å². The van der Waals surface area contributed by atoms with E-state index in [0.29, 0.717) is 40.3 Å². The molecule has 1 aliphatic rings. The Morgan fingerprint density at radius 1 is 1.20 bits per heavy atom. The Morgan fingerprint density at radius 2 is 2.00 bits per heavy atom. The van der Waals surface area contributed by atoms with E-state index in [9.17, 15) is 0 Å². The van der Waals surface area contributed by atoms with Crippen molar-refractivity contribution in [3.63, 3.8) is 0 Å². The molecule has 3 nitrogen and oxygen atoms in total. The van der Waals surface area contributed by atoms with Crippen LogP contribution in [0, 0.1) is 0 Å². The van der Waals surface area contributed by atoms with Crippen LogP contribution < -0.4 is 5.73 Å². The van der Waals surface area contributed by atoms with Crippen molar-refractivity contribution < 1.29 is 9.47 Å². The van der Waals surface area contributed by atoms with E-state index >= 15 is 0 Å². The molecule has 1 aromatic rings. The molecule has 0 unspecified atom stereocenters. The summed E-state index contributed by atoms with van der Waals surface area (Å²) >= 11 is 11.8. The summed E-state index contributed by atoms with van der Waals surface area (Å²) in [5, 5.41) is 0.923. The molecule has 0 bridgehead atoms. The van der Waals surface area contributed by atoms with E-state index in [0.717, 1.165) is 0 Å². The first-order chi connectivity index (χ1) is 7.18. The molecule has 1 aromatic carbocycles. The molecule has 0 aromatic heterocycles. The van der Waals surface area contributed by atoms with Gasteiger partial charge in [-0.2, -0.15) is 0 Å². The number of nitrogen functional groups attached to an aromatic ring is 1. The van der Waals surface area contributed by atoms with E-state index in [1.807, 2.05) is 0 Å². The lowest BCUT2D eigenvalue weighted by molar-refractivity contribution is 0.125. The van der Waals surface area contributed by atoms with Gasteiger partial charge in [0, 0.05) is 10.6 Å². The number of hydrogen-bond donors (Lipinski definition) is 1. The van der Waals surface area contributed by atoms with Gasteiger partial charge in [-0.1, -0.05) is 23.2 Å². The molecule has 0 aliphatic carbocycles. The zero-order chi connectivity index (χ0) is 10.8. The predicted octanol–water partition coefficient (Wildman–Crippen LogP) is 2.92. The fraction of sp³-hybridized carbons (Fsp3) is 0.200. The zero-order valence-electron chi connectivity index (χ0n) is 7.80. The minimum absolute atomic E-state index is 0.410. The number of ether oxygens (including phenoxy) is 2. The van der Waals surface area contributed by atoms with Crippen LogP contribution in [-0.2, 0) is 9.47 Å². The van der Waals surface area contributed by atoms with Crippen molar-refractivity contribution in [3.05, 3.63) is 34.0 Å². The van der Waals surface area contributed by atoms with Crippen molar-refractivity contribution >= 4 is 34.6 Å². The van der Waals surface area contributed by atoms with Crippen LogP contribution in [0.15, 0.2) is 18.4 Å². The van der Waals surface area contributed by atoms with Gasteiger partial charge in [0.25, 0.3) is 0 Å². The molecular formula is C10H9Cl2NO2. The summed E-state index contributed by atoms with van der Waals surface area (Å²) in [5.41, 5.74) is 6.92. The molecule has 0 saturated heterocycles. The molecule has 15 heavy (non-hydrogen) atoms. The van der Waals surface area contributed by atoms with Gasteiger partial charge in [-0.25, -0.2) is 0 Å². The second kappa shape index (κ2) is 4.21. The number of hydrogen-bond acceptors (Lipinski definition) is 3. The molecule has 0 amide bonds. The molecule has 80 valence electrons. The summed E-state index contributed by atoms with van der Waals surface area (Å²) in [6.07, 6.45) is 1.52. The Labute approximate surface area is 97.4 Å². The highest BCUT2D eigenvalue weighted by molar-refractivity contribution is 6.36. The normalized spacial score (nSPS) is 15.2. The largest absolute Gasteiger partial charge is 0.494 e. The average molecular weight is 246 g/mol. The minimum atomic E-state index is 0.410. The summed E-state index contributed by atoms with van der Waals surface area (Å²) in [7, 11) is 0. The Hall–Kier alpha value is -1.06. The molecule has 2 rings (SSSR count). The van der Waals surface area contributed by atoms with E-state index in [1.54, 1.807) is 12.1 Å². The monoisotopic (exact) mass is 245 g/mol. The first-order valence-corrected chi connectivity index (χ1v) is 5.13. The smallest absolute Gasteiger partial charge is 0.163 e. The highest BCUT2D eigenvalue weighted by atomic mass is 35.5. The second-order valence-electron chi connectivity index (χ2n) is 3.05. The van der Waals surface area contributed by atoms with Crippen molar-refractivity contribution in [1.29, 1.82) is 0 Å². The fourth-order valence-electron chi connectivity index (χ4n) is 1.30. The van der Waals surface area contributed by atoms with Crippen LogP contribution in [0.25, 0.3) is 5.76 Å². The van der Waals surface area contributed by atoms with Crippen molar-refractivity contribution in [2.75, 3.05) is 18.9 Å². The molecule has 0 saturated carbocycles. The van der Waals surface area contributed by atoms with Crippen LogP contribution in [-0.4, -0.2) is 13.2 Å². The van der Waals surface area contributed by atoms with Crippen molar-refractivity contribution in [2.24, 2.45) is 0 Å². The molecule has 0 atom stereocenters. The van der Waals surface area contributed by atoms with Crippen LogP contribution in [0.2, 0.25) is 10.0 Å².